The third-order valence-corrected chi connectivity index (χ3v) is 5.52. The topological polar surface area (TPSA) is 86.8 Å². The maximum absolute atomic E-state index is 13.6. The summed E-state index contributed by atoms with van der Waals surface area (Å²) < 4.78 is 29.9. The fourth-order valence-electron chi connectivity index (χ4n) is 3.34. The van der Waals surface area contributed by atoms with Crippen LogP contribution in [-0.4, -0.2) is 51.0 Å². The highest BCUT2D eigenvalue weighted by Crippen LogP contribution is 2.32. The molecule has 1 aromatic heterocycles. The number of rotatable bonds is 12. The predicted octanol–water partition coefficient (Wildman–Crippen LogP) is 5.00. The van der Waals surface area contributed by atoms with Gasteiger partial charge in [-0.25, -0.2) is 9.37 Å². The molecule has 0 aliphatic rings. The Hall–Kier alpha value is -3.49. The molecule has 184 valence electrons. The van der Waals surface area contributed by atoms with Crippen LogP contribution in [0.4, 0.5) is 4.39 Å². The number of pyridine rings is 1. The first-order valence-electron chi connectivity index (χ1n) is 10.9. The van der Waals surface area contributed by atoms with Crippen LogP contribution in [0.3, 0.4) is 0 Å². The minimum absolute atomic E-state index is 0.00658. The molecule has 0 amide bonds. The third kappa shape index (κ3) is 6.55. The van der Waals surface area contributed by atoms with E-state index in [4.69, 9.17) is 25.8 Å². The standard InChI is InChI=1S/C26H26ClFN2O5/c1-29-12-13-35-23-10-5-16(15-25(23)34-3)21(31)8-9-22(32)20-7-11-24(33-2)26(30-20)17-4-6-19(28)18(27)14-17/h4-7,10-11,14-15,29H,8-9,12-13H2,1-3H3. The summed E-state index contributed by atoms with van der Waals surface area (Å²) in [5.74, 6) is 0.301. The zero-order valence-electron chi connectivity index (χ0n) is 19.7. The molecule has 0 saturated carbocycles. The Morgan fingerprint density at radius 2 is 1.66 bits per heavy atom. The second-order valence-corrected chi connectivity index (χ2v) is 7.95. The Morgan fingerprint density at radius 3 is 2.34 bits per heavy atom. The molecule has 7 nitrogen and oxygen atoms in total. The number of ether oxygens (including phenoxy) is 3. The van der Waals surface area contributed by atoms with Gasteiger partial charge in [-0.15, -0.1) is 0 Å². The molecule has 1 heterocycles. The fourth-order valence-corrected chi connectivity index (χ4v) is 3.52. The van der Waals surface area contributed by atoms with Gasteiger partial charge in [0.05, 0.1) is 19.2 Å². The highest BCUT2D eigenvalue weighted by atomic mass is 35.5. The smallest absolute Gasteiger partial charge is 0.181 e. The molecule has 0 unspecified atom stereocenters. The first kappa shape index (κ1) is 26.1. The quantitative estimate of drug-likeness (QED) is 0.276. The number of hydrogen-bond donors (Lipinski definition) is 1. The molecule has 0 atom stereocenters. The molecule has 0 fully saturated rings. The van der Waals surface area contributed by atoms with E-state index in [2.05, 4.69) is 10.3 Å². The molecule has 3 rings (SSSR count). The maximum atomic E-state index is 13.6. The van der Waals surface area contributed by atoms with Crippen molar-refractivity contribution < 1.29 is 28.2 Å². The monoisotopic (exact) mass is 500 g/mol. The number of methoxy groups -OCH3 is 2. The first-order valence-corrected chi connectivity index (χ1v) is 11.3. The van der Waals surface area contributed by atoms with Gasteiger partial charge in [0.25, 0.3) is 0 Å². The Bertz CT molecular complexity index is 1220. The van der Waals surface area contributed by atoms with E-state index in [1.54, 1.807) is 24.3 Å². The Labute approximate surface area is 208 Å². The number of Topliss-reactive ketones (excluding diaryl/α,β-unsaturated/α-hetero) is 2. The van der Waals surface area contributed by atoms with E-state index in [-0.39, 0.29) is 35.1 Å². The number of benzene rings is 2. The largest absolute Gasteiger partial charge is 0.494 e. The molecular formula is C26H26ClFN2O5. The molecule has 0 spiro atoms. The molecular weight excluding hydrogens is 475 g/mol. The second kappa shape index (κ2) is 12.3. The summed E-state index contributed by atoms with van der Waals surface area (Å²) >= 11 is 5.90. The number of aromatic nitrogens is 1. The second-order valence-electron chi connectivity index (χ2n) is 7.54. The van der Waals surface area contributed by atoms with Gasteiger partial charge in [0.2, 0.25) is 0 Å². The van der Waals surface area contributed by atoms with Crippen LogP contribution in [0.1, 0.15) is 33.7 Å². The number of ketones is 2. The van der Waals surface area contributed by atoms with Gasteiger partial charge in [0.15, 0.2) is 23.1 Å². The number of hydrogen-bond acceptors (Lipinski definition) is 7. The number of nitrogens with one attached hydrogen (secondary N) is 1. The molecule has 35 heavy (non-hydrogen) atoms. The summed E-state index contributed by atoms with van der Waals surface area (Å²) in [5, 5.41) is 2.92. The molecule has 1 N–H and O–H groups in total. The lowest BCUT2D eigenvalue weighted by Gasteiger charge is -2.12. The SMILES string of the molecule is CNCCOc1ccc(C(=O)CCC(=O)c2ccc(OC)c(-c3ccc(F)c(Cl)c3)n2)cc1OC. The van der Waals surface area contributed by atoms with Gasteiger partial charge in [-0.2, -0.15) is 0 Å². The highest BCUT2D eigenvalue weighted by molar-refractivity contribution is 6.31. The molecule has 0 aliphatic carbocycles. The fraction of sp³-hybridized carbons (Fsp3) is 0.269. The van der Waals surface area contributed by atoms with Crippen molar-refractivity contribution in [1.29, 1.82) is 0 Å². The van der Waals surface area contributed by atoms with Crippen LogP contribution in [0.15, 0.2) is 48.5 Å². The Morgan fingerprint density at radius 1 is 0.943 bits per heavy atom. The first-order chi connectivity index (χ1) is 16.9. The van der Waals surface area contributed by atoms with Gasteiger partial charge < -0.3 is 19.5 Å². The summed E-state index contributed by atoms with van der Waals surface area (Å²) in [5.41, 5.74) is 1.44. The molecule has 2 aromatic carbocycles. The summed E-state index contributed by atoms with van der Waals surface area (Å²) in [7, 11) is 4.79. The summed E-state index contributed by atoms with van der Waals surface area (Å²) in [6.45, 7) is 1.12. The number of carbonyl (C=O) groups is 2. The third-order valence-electron chi connectivity index (χ3n) is 5.23. The Kier molecular flexibility index (Phi) is 9.17. The Balaban J connectivity index is 1.72. The van der Waals surface area contributed by atoms with E-state index >= 15 is 0 Å². The maximum Gasteiger partial charge on any atom is 0.181 e. The van der Waals surface area contributed by atoms with Crippen LogP contribution in [0.2, 0.25) is 5.02 Å². The normalized spacial score (nSPS) is 10.7. The lowest BCUT2D eigenvalue weighted by Crippen LogP contribution is -2.16. The van der Waals surface area contributed by atoms with Gasteiger partial charge in [-0.3, -0.25) is 9.59 Å². The number of nitrogens with zero attached hydrogens (tertiary/aromatic N) is 1. The summed E-state index contributed by atoms with van der Waals surface area (Å²) in [6, 6.07) is 12.2. The van der Waals surface area contributed by atoms with Crippen molar-refractivity contribution in [2.75, 3.05) is 34.4 Å². The summed E-state index contributed by atoms with van der Waals surface area (Å²) in [6.07, 6.45) is -0.0438. The molecule has 3 aromatic rings. The molecule has 0 bridgehead atoms. The average Bonchev–Trinajstić information content (AvgIpc) is 2.88. The van der Waals surface area contributed by atoms with Crippen LogP contribution in [0, 0.1) is 5.82 Å². The zero-order chi connectivity index (χ0) is 25.4. The minimum Gasteiger partial charge on any atom is -0.494 e. The number of halogens is 2. The highest BCUT2D eigenvalue weighted by Gasteiger charge is 2.17. The number of likely N-dealkylation sites (N-methyl/N-ethyl adjacent to an activating group) is 1. The van der Waals surface area contributed by atoms with Crippen LogP contribution in [0.5, 0.6) is 17.2 Å². The minimum atomic E-state index is -0.561. The van der Waals surface area contributed by atoms with Crippen LogP contribution >= 0.6 is 11.6 Å². The van der Waals surface area contributed by atoms with E-state index in [1.165, 1.54) is 38.5 Å². The lowest BCUT2D eigenvalue weighted by atomic mass is 10.0. The van der Waals surface area contributed by atoms with Crippen LogP contribution < -0.4 is 19.5 Å². The van der Waals surface area contributed by atoms with E-state index in [9.17, 15) is 14.0 Å². The molecule has 0 saturated heterocycles. The van der Waals surface area contributed by atoms with Crippen molar-refractivity contribution in [3.8, 4) is 28.5 Å². The van der Waals surface area contributed by atoms with Gasteiger partial charge in [0, 0.05) is 30.5 Å². The van der Waals surface area contributed by atoms with E-state index in [0.717, 1.165) is 0 Å². The van der Waals surface area contributed by atoms with Crippen molar-refractivity contribution in [2.24, 2.45) is 0 Å². The predicted molar refractivity (Wildman–Crippen MR) is 132 cm³/mol. The summed E-state index contributed by atoms with van der Waals surface area (Å²) in [4.78, 5) is 29.9. The van der Waals surface area contributed by atoms with Crippen molar-refractivity contribution >= 4 is 23.2 Å². The van der Waals surface area contributed by atoms with Crippen molar-refractivity contribution in [1.82, 2.24) is 10.3 Å². The van der Waals surface area contributed by atoms with Crippen LogP contribution in [-0.2, 0) is 0 Å². The zero-order valence-corrected chi connectivity index (χ0v) is 20.4. The van der Waals surface area contributed by atoms with Crippen molar-refractivity contribution in [2.45, 2.75) is 12.8 Å². The van der Waals surface area contributed by atoms with Gasteiger partial charge in [-0.05, 0) is 55.6 Å². The molecule has 0 aliphatic heterocycles. The lowest BCUT2D eigenvalue weighted by molar-refractivity contribution is 0.0915. The molecule has 9 heteroatoms. The van der Waals surface area contributed by atoms with Gasteiger partial charge in [-0.1, -0.05) is 11.6 Å². The van der Waals surface area contributed by atoms with Crippen LogP contribution in [0.25, 0.3) is 11.3 Å². The van der Waals surface area contributed by atoms with E-state index in [0.29, 0.717) is 47.2 Å². The van der Waals surface area contributed by atoms with Crippen molar-refractivity contribution in [3.63, 3.8) is 0 Å². The van der Waals surface area contributed by atoms with Crippen molar-refractivity contribution in [3.05, 3.63) is 70.6 Å². The van der Waals surface area contributed by atoms with Gasteiger partial charge in [0.1, 0.15) is 29.6 Å². The molecule has 0 radical (unpaired) electrons. The number of carbonyl (C=O) groups excluding carboxylic acids is 2. The van der Waals surface area contributed by atoms with Gasteiger partial charge >= 0.3 is 0 Å². The van der Waals surface area contributed by atoms with E-state index in [1.807, 2.05) is 7.05 Å². The average molecular weight is 501 g/mol. The van der Waals surface area contributed by atoms with E-state index < -0.39 is 5.82 Å².